The van der Waals surface area contributed by atoms with Crippen molar-refractivity contribution >= 4 is 12.0 Å². The van der Waals surface area contributed by atoms with Crippen molar-refractivity contribution in [3.8, 4) is 0 Å². The third kappa shape index (κ3) is 9.66. The van der Waals surface area contributed by atoms with Gasteiger partial charge in [-0.25, -0.2) is 4.79 Å². The Labute approximate surface area is 103 Å². The molecule has 0 bridgehead atoms. The van der Waals surface area contributed by atoms with E-state index >= 15 is 0 Å². The third-order valence-corrected chi connectivity index (χ3v) is 2.50. The van der Waals surface area contributed by atoms with E-state index in [2.05, 4.69) is 5.32 Å². The van der Waals surface area contributed by atoms with Crippen LogP contribution in [0.1, 0.15) is 45.4 Å². The Kier molecular flexibility index (Phi) is 9.19. The molecular formula is C12H24N2O3. The van der Waals surface area contributed by atoms with Crippen molar-refractivity contribution in [1.29, 1.82) is 0 Å². The van der Waals surface area contributed by atoms with Crippen molar-refractivity contribution in [2.75, 3.05) is 20.1 Å². The van der Waals surface area contributed by atoms with Crippen molar-refractivity contribution in [3.63, 3.8) is 0 Å². The van der Waals surface area contributed by atoms with Crippen molar-refractivity contribution in [2.45, 2.75) is 45.4 Å². The lowest BCUT2D eigenvalue weighted by molar-refractivity contribution is -0.137. The number of amides is 2. The first-order valence-electron chi connectivity index (χ1n) is 6.28. The van der Waals surface area contributed by atoms with Crippen LogP contribution in [0.5, 0.6) is 0 Å². The van der Waals surface area contributed by atoms with Crippen LogP contribution in [0.2, 0.25) is 0 Å². The molecule has 0 heterocycles. The van der Waals surface area contributed by atoms with Gasteiger partial charge in [0.2, 0.25) is 0 Å². The number of nitrogens with one attached hydrogen (secondary N) is 1. The zero-order valence-corrected chi connectivity index (χ0v) is 10.9. The highest BCUT2D eigenvalue weighted by Gasteiger charge is 2.05. The minimum Gasteiger partial charge on any atom is -0.481 e. The lowest BCUT2D eigenvalue weighted by atomic mass is 10.1. The molecule has 0 fully saturated rings. The maximum Gasteiger partial charge on any atom is 0.317 e. The standard InChI is InChI=1S/C12H24N2O3/c1-3-10-14(2)12(17)13-9-7-5-4-6-8-11(15)16/h3-10H2,1-2H3,(H,13,17)(H,15,16). The average molecular weight is 244 g/mol. The molecule has 0 saturated carbocycles. The van der Waals surface area contributed by atoms with E-state index in [1.165, 1.54) is 0 Å². The zero-order valence-electron chi connectivity index (χ0n) is 10.9. The molecule has 0 aromatic rings. The topological polar surface area (TPSA) is 69.6 Å². The van der Waals surface area contributed by atoms with E-state index in [1.54, 1.807) is 11.9 Å². The molecular weight excluding hydrogens is 220 g/mol. The van der Waals surface area contributed by atoms with Crippen LogP contribution in [0.25, 0.3) is 0 Å². The molecule has 0 aromatic carbocycles. The Bertz CT molecular complexity index is 232. The Morgan fingerprint density at radius 2 is 1.82 bits per heavy atom. The van der Waals surface area contributed by atoms with Gasteiger partial charge in [0, 0.05) is 26.6 Å². The molecule has 0 unspecified atom stereocenters. The summed E-state index contributed by atoms with van der Waals surface area (Å²) >= 11 is 0. The van der Waals surface area contributed by atoms with E-state index < -0.39 is 5.97 Å². The van der Waals surface area contributed by atoms with Gasteiger partial charge < -0.3 is 15.3 Å². The highest BCUT2D eigenvalue weighted by atomic mass is 16.4. The first-order chi connectivity index (χ1) is 8.07. The molecule has 17 heavy (non-hydrogen) atoms. The van der Waals surface area contributed by atoms with Crippen molar-refractivity contribution in [3.05, 3.63) is 0 Å². The SMILES string of the molecule is CCCN(C)C(=O)NCCCCCCC(=O)O. The molecule has 2 N–H and O–H groups in total. The minimum absolute atomic E-state index is 0.0302. The van der Waals surface area contributed by atoms with E-state index in [1.807, 2.05) is 6.92 Å². The van der Waals surface area contributed by atoms with Crippen LogP contribution in [-0.4, -0.2) is 42.1 Å². The molecule has 0 atom stereocenters. The minimum atomic E-state index is -0.737. The summed E-state index contributed by atoms with van der Waals surface area (Å²) in [6, 6.07) is -0.0302. The second kappa shape index (κ2) is 9.93. The van der Waals surface area contributed by atoms with Gasteiger partial charge in [0.25, 0.3) is 0 Å². The normalized spacial score (nSPS) is 10.0. The van der Waals surface area contributed by atoms with E-state index in [-0.39, 0.29) is 12.5 Å². The van der Waals surface area contributed by atoms with E-state index in [4.69, 9.17) is 5.11 Å². The van der Waals surface area contributed by atoms with Crippen LogP contribution < -0.4 is 5.32 Å². The van der Waals surface area contributed by atoms with E-state index in [9.17, 15) is 9.59 Å². The van der Waals surface area contributed by atoms with Crippen LogP contribution in [0, 0.1) is 0 Å². The van der Waals surface area contributed by atoms with Crippen LogP contribution in [0.15, 0.2) is 0 Å². The summed E-state index contributed by atoms with van der Waals surface area (Å²) in [5, 5.41) is 11.3. The first kappa shape index (κ1) is 15.7. The summed E-state index contributed by atoms with van der Waals surface area (Å²) in [7, 11) is 1.78. The van der Waals surface area contributed by atoms with Gasteiger partial charge in [-0.3, -0.25) is 4.79 Å². The number of nitrogens with zero attached hydrogens (tertiary/aromatic N) is 1. The van der Waals surface area contributed by atoms with Gasteiger partial charge in [0.05, 0.1) is 0 Å². The van der Waals surface area contributed by atoms with Gasteiger partial charge in [0.1, 0.15) is 0 Å². The van der Waals surface area contributed by atoms with Gasteiger partial charge in [-0.2, -0.15) is 0 Å². The van der Waals surface area contributed by atoms with Crippen molar-refractivity contribution in [2.24, 2.45) is 0 Å². The molecule has 0 aliphatic carbocycles. The van der Waals surface area contributed by atoms with Crippen LogP contribution in [-0.2, 0) is 4.79 Å². The number of rotatable bonds is 9. The Morgan fingerprint density at radius 3 is 2.41 bits per heavy atom. The second-order valence-electron chi connectivity index (χ2n) is 4.21. The molecule has 0 aromatic heterocycles. The summed E-state index contributed by atoms with van der Waals surface area (Å²) in [4.78, 5) is 23.4. The molecule has 0 spiro atoms. The zero-order chi connectivity index (χ0) is 13.1. The third-order valence-electron chi connectivity index (χ3n) is 2.50. The lowest BCUT2D eigenvalue weighted by Crippen LogP contribution is -2.38. The number of carbonyl (C=O) groups excluding carboxylic acids is 1. The molecule has 5 nitrogen and oxygen atoms in total. The number of urea groups is 1. The summed E-state index contributed by atoms with van der Waals surface area (Å²) in [5.74, 6) is -0.737. The smallest absolute Gasteiger partial charge is 0.317 e. The molecule has 5 heteroatoms. The molecule has 0 aliphatic heterocycles. The average Bonchev–Trinajstić information content (AvgIpc) is 2.27. The van der Waals surface area contributed by atoms with Crippen molar-refractivity contribution in [1.82, 2.24) is 10.2 Å². The van der Waals surface area contributed by atoms with Crippen molar-refractivity contribution < 1.29 is 14.7 Å². The van der Waals surface area contributed by atoms with Gasteiger partial charge >= 0.3 is 12.0 Å². The first-order valence-corrected chi connectivity index (χ1v) is 6.28. The van der Waals surface area contributed by atoms with Crippen LogP contribution in [0.3, 0.4) is 0 Å². The van der Waals surface area contributed by atoms with Crippen LogP contribution >= 0.6 is 0 Å². The quantitative estimate of drug-likeness (QED) is 0.610. The van der Waals surface area contributed by atoms with Gasteiger partial charge in [-0.05, 0) is 19.3 Å². The lowest BCUT2D eigenvalue weighted by Gasteiger charge is -2.16. The fraction of sp³-hybridized carbons (Fsp3) is 0.833. The largest absolute Gasteiger partial charge is 0.481 e. The Morgan fingerprint density at radius 1 is 1.18 bits per heavy atom. The monoisotopic (exact) mass is 244 g/mol. The van der Waals surface area contributed by atoms with E-state index in [0.29, 0.717) is 6.54 Å². The van der Waals surface area contributed by atoms with Gasteiger partial charge in [-0.15, -0.1) is 0 Å². The highest BCUT2D eigenvalue weighted by molar-refractivity contribution is 5.73. The molecule has 2 amide bonds. The molecule has 0 radical (unpaired) electrons. The fourth-order valence-electron chi connectivity index (χ4n) is 1.52. The maximum atomic E-state index is 11.4. The number of carboxylic acids is 1. The number of hydrogen-bond acceptors (Lipinski definition) is 2. The Balaban J connectivity index is 3.33. The molecule has 0 aliphatic rings. The molecule has 0 rings (SSSR count). The second-order valence-corrected chi connectivity index (χ2v) is 4.21. The maximum absolute atomic E-state index is 11.4. The molecule has 0 saturated heterocycles. The molecule has 100 valence electrons. The predicted molar refractivity (Wildman–Crippen MR) is 67.0 cm³/mol. The highest BCUT2D eigenvalue weighted by Crippen LogP contribution is 2.02. The van der Waals surface area contributed by atoms with Crippen LogP contribution in [0.4, 0.5) is 4.79 Å². The summed E-state index contributed by atoms with van der Waals surface area (Å²) in [5.41, 5.74) is 0. The number of carboxylic acid groups (broad SMARTS) is 1. The summed E-state index contributed by atoms with van der Waals surface area (Å²) < 4.78 is 0. The fourth-order valence-corrected chi connectivity index (χ4v) is 1.52. The summed E-state index contributed by atoms with van der Waals surface area (Å²) in [6.45, 7) is 3.47. The van der Waals surface area contributed by atoms with Gasteiger partial charge in [-0.1, -0.05) is 19.8 Å². The number of carbonyl (C=O) groups is 2. The number of hydrogen-bond donors (Lipinski definition) is 2. The number of unbranched alkanes of at least 4 members (excludes halogenated alkanes) is 3. The Hall–Kier alpha value is -1.26. The summed E-state index contributed by atoms with van der Waals surface area (Å²) in [6.07, 6.45) is 4.70. The van der Waals surface area contributed by atoms with E-state index in [0.717, 1.165) is 38.6 Å². The predicted octanol–water partition coefficient (Wildman–Crippen LogP) is 2.07. The number of aliphatic carboxylic acids is 1. The van der Waals surface area contributed by atoms with Gasteiger partial charge in [0.15, 0.2) is 0 Å².